The first-order valence-electron chi connectivity index (χ1n) is 6.71. The zero-order valence-corrected chi connectivity index (χ0v) is 11.5. The van der Waals surface area contributed by atoms with Crippen LogP contribution in [0.4, 0.5) is 5.69 Å². The highest BCUT2D eigenvalue weighted by molar-refractivity contribution is 6.31. The van der Waals surface area contributed by atoms with E-state index >= 15 is 0 Å². The molecule has 1 unspecified atom stereocenters. The predicted molar refractivity (Wildman–Crippen MR) is 78.8 cm³/mol. The number of rotatable bonds is 2. The largest absolute Gasteiger partial charge is 0.381 e. The van der Waals surface area contributed by atoms with Crippen molar-refractivity contribution in [3.8, 4) is 0 Å². The molecule has 0 amide bonds. The monoisotopic (exact) mass is 276 g/mol. The van der Waals surface area contributed by atoms with E-state index in [1.165, 1.54) is 0 Å². The summed E-state index contributed by atoms with van der Waals surface area (Å²) in [5, 5.41) is 5.39. The van der Waals surface area contributed by atoms with Crippen molar-refractivity contribution < 1.29 is 4.74 Å². The fourth-order valence-electron chi connectivity index (χ4n) is 2.53. The molecule has 2 heterocycles. The maximum atomic E-state index is 6.18. The molecule has 0 spiro atoms. The van der Waals surface area contributed by atoms with Gasteiger partial charge in [0.05, 0.1) is 11.2 Å². The fraction of sp³-hybridized carbons (Fsp3) is 0.400. The highest BCUT2D eigenvalue weighted by Crippen LogP contribution is 2.28. The summed E-state index contributed by atoms with van der Waals surface area (Å²) in [6.45, 7) is 1.69. The molecule has 2 aromatic rings. The van der Waals surface area contributed by atoms with Crippen LogP contribution in [0.1, 0.15) is 19.3 Å². The quantitative estimate of drug-likeness (QED) is 0.904. The van der Waals surface area contributed by atoms with Gasteiger partial charge in [0.15, 0.2) is 0 Å². The summed E-state index contributed by atoms with van der Waals surface area (Å²) in [6, 6.07) is 8.32. The number of anilines is 1. The van der Waals surface area contributed by atoms with Crippen LogP contribution in [0.3, 0.4) is 0 Å². The van der Waals surface area contributed by atoms with Crippen molar-refractivity contribution in [1.82, 2.24) is 4.98 Å². The number of hydrogen-bond acceptors (Lipinski definition) is 3. The fourth-order valence-corrected chi connectivity index (χ4v) is 2.76. The van der Waals surface area contributed by atoms with Gasteiger partial charge in [0.1, 0.15) is 0 Å². The van der Waals surface area contributed by atoms with Gasteiger partial charge in [0, 0.05) is 35.9 Å². The lowest BCUT2D eigenvalue weighted by Crippen LogP contribution is -2.19. The van der Waals surface area contributed by atoms with Gasteiger partial charge in [-0.3, -0.25) is 4.98 Å². The first kappa shape index (κ1) is 12.7. The van der Waals surface area contributed by atoms with Crippen LogP contribution in [0.2, 0.25) is 5.02 Å². The molecule has 1 aliphatic rings. The van der Waals surface area contributed by atoms with Crippen LogP contribution < -0.4 is 5.32 Å². The number of nitrogens with zero attached hydrogens (tertiary/aromatic N) is 1. The molecule has 0 aliphatic carbocycles. The molecule has 1 aliphatic heterocycles. The zero-order valence-electron chi connectivity index (χ0n) is 10.7. The lowest BCUT2D eigenvalue weighted by atomic mass is 10.1. The summed E-state index contributed by atoms with van der Waals surface area (Å²) >= 11 is 6.18. The van der Waals surface area contributed by atoms with Crippen molar-refractivity contribution >= 4 is 28.2 Å². The van der Waals surface area contributed by atoms with Gasteiger partial charge in [0.25, 0.3) is 0 Å². The summed E-state index contributed by atoms with van der Waals surface area (Å²) in [6.07, 6.45) is 5.07. The number of aromatic nitrogens is 1. The van der Waals surface area contributed by atoms with E-state index in [0.717, 1.165) is 54.1 Å². The van der Waals surface area contributed by atoms with Gasteiger partial charge in [-0.2, -0.15) is 0 Å². The second-order valence-electron chi connectivity index (χ2n) is 4.91. The van der Waals surface area contributed by atoms with Gasteiger partial charge >= 0.3 is 0 Å². The van der Waals surface area contributed by atoms with Gasteiger partial charge in [-0.05, 0) is 37.5 Å². The van der Waals surface area contributed by atoms with Crippen molar-refractivity contribution in [2.45, 2.75) is 25.3 Å². The Balaban J connectivity index is 1.90. The lowest BCUT2D eigenvalue weighted by molar-refractivity contribution is 0.144. The number of benzene rings is 1. The minimum Gasteiger partial charge on any atom is -0.381 e. The van der Waals surface area contributed by atoms with Crippen LogP contribution in [-0.2, 0) is 4.74 Å². The summed E-state index contributed by atoms with van der Waals surface area (Å²) in [5.41, 5.74) is 2.01. The normalized spacial score (nSPS) is 20.2. The Morgan fingerprint density at radius 1 is 1.26 bits per heavy atom. The molecule has 1 saturated heterocycles. The highest BCUT2D eigenvalue weighted by atomic mass is 35.5. The van der Waals surface area contributed by atoms with Gasteiger partial charge in [0.2, 0.25) is 0 Å². The Morgan fingerprint density at radius 3 is 3.16 bits per heavy atom. The van der Waals surface area contributed by atoms with Crippen LogP contribution in [0, 0.1) is 0 Å². The van der Waals surface area contributed by atoms with Crippen LogP contribution in [0.5, 0.6) is 0 Å². The topological polar surface area (TPSA) is 34.1 Å². The maximum Gasteiger partial charge on any atom is 0.0934 e. The van der Waals surface area contributed by atoms with E-state index in [-0.39, 0.29) is 0 Å². The van der Waals surface area contributed by atoms with E-state index in [9.17, 15) is 0 Å². The zero-order chi connectivity index (χ0) is 13.1. The van der Waals surface area contributed by atoms with Crippen molar-refractivity contribution in [3.05, 3.63) is 35.5 Å². The Labute approximate surface area is 117 Å². The minimum atomic E-state index is 0.436. The first-order valence-corrected chi connectivity index (χ1v) is 7.09. The molecule has 100 valence electrons. The Bertz CT molecular complexity index is 565. The molecule has 1 aromatic carbocycles. The highest BCUT2D eigenvalue weighted by Gasteiger charge is 2.14. The van der Waals surface area contributed by atoms with Crippen LogP contribution in [0.15, 0.2) is 30.5 Å². The van der Waals surface area contributed by atoms with Crippen molar-refractivity contribution in [3.63, 3.8) is 0 Å². The molecule has 0 saturated carbocycles. The van der Waals surface area contributed by atoms with Gasteiger partial charge in [-0.15, -0.1) is 0 Å². The molecule has 0 radical (unpaired) electrons. The number of ether oxygens (including phenoxy) is 1. The molecule has 1 aromatic heterocycles. The molecule has 1 N–H and O–H groups in total. The van der Waals surface area contributed by atoms with Crippen LogP contribution >= 0.6 is 11.6 Å². The SMILES string of the molecule is Clc1cc(NC2CCCOCC2)c2ncccc2c1. The summed E-state index contributed by atoms with van der Waals surface area (Å²) in [5.74, 6) is 0. The molecule has 1 atom stereocenters. The molecular weight excluding hydrogens is 260 g/mol. The second-order valence-corrected chi connectivity index (χ2v) is 5.35. The Morgan fingerprint density at radius 2 is 2.21 bits per heavy atom. The summed E-state index contributed by atoms with van der Waals surface area (Å²) in [7, 11) is 0. The van der Waals surface area contributed by atoms with Crippen molar-refractivity contribution in [1.29, 1.82) is 0 Å². The average molecular weight is 277 g/mol. The van der Waals surface area contributed by atoms with Crippen molar-refractivity contribution in [2.24, 2.45) is 0 Å². The summed E-state index contributed by atoms with van der Waals surface area (Å²) in [4.78, 5) is 4.46. The third-order valence-electron chi connectivity index (χ3n) is 3.48. The van der Waals surface area contributed by atoms with E-state index in [2.05, 4.69) is 10.3 Å². The Kier molecular flexibility index (Phi) is 3.85. The average Bonchev–Trinajstić information content (AvgIpc) is 2.67. The molecule has 3 rings (SSSR count). The molecule has 4 heteroatoms. The number of halogens is 1. The third-order valence-corrected chi connectivity index (χ3v) is 3.70. The third kappa shape index (κ3) is 2.99. The Hall–Kier alpha value is -1.32. The molecule has 1 fully saturated rings. The standard InChI is InChI=1S/C15H17ClN2O/c16-12-9-11-3-1-6-17-15(11)14(10-12)18-13-4-2-7-19-8-5-13/h1,3,6,9-10,13,18H,2,4-5,7-8H2. The number of hydrogen-bond donors (Lipinski definition) is 1. The smallest absolute Gasteiger partial charge is 0.0934 e. The maximum absolute atomic E-state index is 6.18. The number of fused-ring (bicyclic) bond motifs is 1. The van der Waals surface area contributed by atoms with Crippen molar-refractivity contribution in [2.75, 3.05) is 18.5 Å². The molecule has 3 nitrogen and oxygen atoms in total. The van der Waals surface area contributed by atoms with Gasteiger partial charge in [-0.25, -0.2) is 0 Å². The van der Waals surface area contributed by atoms with Crippen LogP contribution in [0.25, 0.3) is 10.9 Å². The molecule has 19 heavy (non-hydrogen) atoms. The van der Waals surface area contributed by atoms with E-state index < -0.39 is 0 Å². The van der Waals surface area contributed by atoms with Crippen LogP contribution in [-0.4, -0.2) is 24.2 Å². The van der Waals surface area contributed by atoms with E-state index in [1.54, 1.807) is 0 Å². The first-order chi connectivity index (χ1) is 9.33. The lowest BCUT2D eigenvalue weighted by Gasteiger charge is -2.18. The molecule has 0 bridgehead atoms. The number of nitrogens with one attached hydrogen (secondary N) is 1. The minimum absolute atomic E-state index is 0.436. The predicted octanol–water partition coefficient (Wildman–Crippen LogP) is 3.87. The van der Waals surface area contributed by atoms with E-state index in [1.807, 2.05) is 30.5 Å². The van der Waals surface area contributed by atoms with Gasteiger partial charge < -0.3 is 10.1 Å². The van der Waals surface area contributed by atoms with E-state index in [4.69, 9.17) is 16.3 Å². The van der Waals surface area contributed by atoms with E-state index in [0.29, 0.717) is 6.04 Å². The van der Waals surface area contributed by atoms with Gasteiger partial charge in [-0.1, -0.05) is 17.7 Å². The molecular formula is C15H17ClN2O. The number of pyridine rings is 1. The second kappa shape index (κ2) is 5.76. The summed E-state index contributed by atoms with van der Waals surface area (Å²) < 4.78 is 5.49.